The molecule has 6 heteroatoms. The summed E-state index contributed by atoms with van der Waals surface area (Å²) >= 11 is 0. The molecular formula is C11H21N5O. The Labute approximate surface area is 102 Å². The molecule has 0 atom stereocenters. The van der Waals surface area contributed by atoms with Gasteiger partial charge in [-0.15, -0.1) is 0 Å². The fourth-order valence-corrected chi connectivity index (χ4v) is 1.10. The molecule has 0 aliphatic heterocycles. The molecule has 0 saturated carbocycles. The summed E-state index contributed by atoms with van der Waals surface area (Å²) in [5, 5.41) is 2.91. The van der Waals surface area contributed by atoms with Gasteiger partial charge in [0, 0.05) is 20.1 Å². The van der Waals surface area contributed by atoms with E-state index in [1.807, 2.05) is 18.9 Å². The zero-order chi connectivity index (χ0) is 12.8. The molecule has 1 aromatic rings. The van der Waals surface area contributed by atoms with Gasteiger partial charge in [0.15, 0.2) is 0 Å². The minimum absolute atomic E-state index is 0.320. The van der Waals surface area contributed by atoms with Gasteiger partial charge < -0.3 is 15.0 Å². The van der Waals surface area contributed by atoms with Crippen LogP contribution >= 0.6 is 0 Å². The van der Waals surface area contributed by atoms with Crippen LogP contribution < -0.4 is 15.0 Å². The summed E-state index contributed by atoms with van der Waals surface area (Å²) in [5.74, 6) is 1.14. The molecule has 17 heavy (non-hydrogen) atoms. The highest BCUT2D eigenvalue weighted by Gasteiger charge is 2.12. The van der Waals surface area contributed by atoms with E-state index >= 15 is 0 Å². The second-order valence-electron chi connectivity index (χ2n) is 4.04. The van der Waals surface area contributed by atoms with E-state index in [0.29, 0.717) is 30.6 Å². The van der Waals surface area contributed by atoms with E-state index in [0.717, 1.165) is 6.42 Å². The smallest absolute Gasteiger partial charge is 0.323 e. The number of rotatable bonds is 6. The van der Waals surface area contributed by atoms with Gasteiger partial charge in [0.1, 0.15) is 0 Å². The summed E-state index contributed by atoms with van der Waals surface area (Å²) in [6, 6.07) is 0.690. The molecule has 0 spiro atoms. The lowest BCUT2D eigenvalue weighted by Crippen LogP contribution is -2.28. The first kappa shape index (κ1) is 13.5. The molecule has 0 unspecified atom stereocenters. The molecule has 0 aliphatic carbocycles. The maximum absolute atomic E-state index is 5.44. The minimum atomic E-state index is 0.320. The maximum Gasteiger partial charge on any atom is 0.323 e. The Morgan fingerprint density at radius 1 is 1.29 bits per heavy atom. The Morgan fingerprint density at radius 3 is 2.53 bits per heavy atom. The van der Waals surface area contributed by atoms with Crippen molar-refractivity contribution < 1.29 is 4.74 Å². The predicted octanol–water partition coefficient (Wildman–Crippen LogP) is 1.55. The molecule has 0 aromatic carbocycles. The largest absolute Gasteiger partial charge is 0.463 e. The quantitative estimate of drug-likeness (QED) is 0.812. The van der Waals surface area contributed by atoms with Crippen LogP contribution in [0.3, 0.4) is 0 Å². The fraction of sp³-hybridized carbons (Fsp3) is 0.727. The van der Waals surface area contributed by atoms with Crippen LogP contribution in [0.2, 0.25) is 0 Å². The first-order valence-corrected chi connectivity index (χ1v) is 5.88. The molecule has 96 valence electrons. The molecular weight excluding hydrogens is 218 g/mol. The van der Waals surface area contributed by atoms with Crippen LogP contribution in [-0.4, -0.2) is 41.7 Å². The third-order valence-electron chi connectivity index (χ3n) is 2.35. The highest BCUT2D eigenvalue weighted by Crippen LogP contribution is 2.15. The second kappa shape index (κ2) is 6.22. The number of nitrogens with one attached hydrogen (secondary N) is 1. The Morgan fingerprint density at radius 2 is 2.00 bits per heavy atom. The van der Waals surface area contributed by atoms with Gasteiger partial charge in [0.2, 0.25) is 11.9 Å². The van der Waals surface area contributed by atoms with Crippen molar-refractivity contribution in [2.75, 3.05) is 30.9 Å². The van der Waals surface area contributed by atoms with Gasteiger partial charge in [-0.05, 0) is 20.3 Å². The Kier molecular flexibility index (Phi) is 4.93. The van der Waals surface area contributed by atoms with E-state index in [4.69, 9.17) is 4.74 Å². The SMILES string of the molecule is CCCOc1nc(NC)nc(N(C)C(C)C)n1. The molecule has 0 radical (unpaired) electrons. The van der Waals surface area contributed by atoms with Gasteiger partial charge in [-0.25, -0.2) is 0 Å². The van der Waals surface area contributed by atoms with Crippen molar-refractivity contribution in [2.45, 2.75) is 33.2 Å². The lowest BCUT2D eigenvalue weighted by molar-refractivity contribution is 0.292. The van der Waals surface area contributed by atoms with Gasteiger partial charge in [-0.3, -0.25) is 0 Å². The van der Waals surface area contributed by atoms with E-state index in [1.54, 1.807) is 7.05 Å². The van der Waals surface area contributed by atoms with Crippen molar-refractivity contribution in [1.82, 2.24) is 15.0 Å². The monoisotopic (exact) mass is 239 g/mol. The molecule has 1 rings (SSSR count). The molecule has 0 amide bonds. The molecule has 1 N–H and O–H groups in total. The van der Waals surface area contributed by atoms with Crippen LogP contribution in [0.25, 0.3) is 0 Å². The number of aromatic nitrogens is 3. The van der Waals surface area contributed by atoms with Crippen molar-refractivity contribution in [1.29, 1.82) is 0 Å². The Hall–Kier alpha value is -1.59. The van der Waals surface area contributed by atoms with Crippen LogP contribution in [0.4, 0.5) is 11.9 Å². The average Bonchev–Trinajstić information content (AvgIpc) is 2.34. The predicted molar refractivity (Wildman–Crippen MR) is 68.7 cm³/mol. The molecule has 1 aromatic heterocycles. The lowest BCUT2D eigenvalue weighted by Gasteiger charge is -2.21. The summed E-state index contributed by atoms with van der Waals surface area (Å²) in [4.78, 5) is 14.7. The average molecular weight is 239 g/mol. The number of hydrogen-bond acceptors (Lipinski definition) is 6. The van der Waals surface area contributed by atoms with Crippen molar-refractivity contribution in [2.24, 2.45) is 0 Å². The van der Waals surface area contributed by atoms with Crippen LogP contribution in [0.15, 0.2) is 0 Å². The Balaban J connectivity index is 2.96. The molecule has 1 heterocycles. The number of ether oxygens (including phenoxy) is 1. The Bertz CT molecular complexity index is 356. The standard InChI is InChI=1S/C11H21N5O/c1-6-7-17-11-14-9(12-4)13-10(15-11)16(5)8(2)3/h8H,6-7H2,1-5H3,(H,12,13,14,15). The fourth-order valence-electron chi connectivity index (χ4n) is 1.10. The van der Waals surface area contributed by atoms with E-state index in [1.165, 1.54) is 0 Å². The highest BCUT2D eigenvalue weighted by molar-refractivity contribution is 5.37. The number of nitrogens with zero attached hydrogens (tertiary/aromatic N) is 4. The van der Waals surface area contributed by atoms with Crippen LogP contribution in [0.1, 0.15) is 27.2 Å². The normalized spacial score (nSPS) is 10.5. The van der Waals surface area contributed by atoms with Crippen LogP contribution in [-0.2, 0) is 0 Å². The topological polar surface area (TPSA) is 63.2 Å². The summed E-state index contributed by atoms with van der Waals surface area (Å²) in [6.45, 7) is 6.81. The van der Waals surface area contributed by atoms with E-state index in [-0.39, 0.29) is 0 Å². The molecule has 0 bridgehead atoms. The van der Waals surface area contributed by atoms with Crippen molar-refractivity contribution in [3.05, 3.63) is 0 Å². The van der Waals surface area contributed by atoms with Gasteiger partial charge in [-0.2, -0.15) is 15.0 Å². The molecule has 0 saturated heterocycles. The van der Waals surface area contributed by atoms with E-state index in [2.05, 4.69) is 34.1 Å². The van der Waals surface area contributed by atoms with Gasteiger partial charge in [-0.1, -0.05) is 6.92 Å². The summed E-state index contributed by atoms with van der Waals surface area (Å²) in [7, 11) is 3.72. The van der Waals surface area contributed by atoms with E-state index < -0.39 is 0 Å². The molecule has 6 nitrogen and oxygen atoms in total. The second-order valence-corrected chi connectivity index (χ2v) is 4.04. The minimum Gasteiger partial charge on any atom is -0.463 e. The van der Waals surface area contributed by atoms with Gasteiger partial charge in [0.05, 0.1) is 6.61 Å². The lowest BCUT2D eigenvalue weighted by atomic mass is 10.4. The third-order valence-corrected chi connectivity index (χ3v) is 2.35. The highest BCUT2D eigenvalue weighted by atomic mass is 16.5. The maximum atomic E-state index is 5.44. The van der Waals surface area contributed by atoms with Crippen molar-refractivity contribution in [3.8, 4) is 6.01 Å². The first-order chi connectivity index (χ1) is 8.08. The number of hydrogen-bond donors (Lipinski definition) is 1. The summed E-state index contributed by atoms with van der Waals surface area (Å²) in [6.07, 6.45) is 0.927. The zero-order valence-electron chi connectivity index (χ0n) is 11.2. The van der Waals surface area contributed by atoms with Crippen molar-refractivity contribution >= 4 is 11.9 Å². The molecule has 0 fully saturated rings. The van der Waals surface area contributed by atoms with Crippen LogP contribution in [0, 0.1) is 0 Å². The van der Waals surface area contributed by atoms with Crippen LogP contribution in [0.5, 0.6) is 6.01 Å². The number of anilines is 2. The van der Waals surface area contributed by atoms with Crippen molar-refractivity contribution in [3.63, 3.8) is 0 Å². The summed E-state index contributed by atoms with van der Waals surface area (Å²) in [5.41, 5.74) is 0. The van der Waals surface area contributed by atoms with Gasteiger partial charge >= 0.3 is 6.01 Å². The van der Waals surface area contributed by atoms with E-state index in [9.17, 15) is 0 Å². The molecule has 0 aliphatic rings. The first-order valence-electron chi connectivity index (χ1n) is 5.88. The van der Waals surface area contributed by atoms with Gasteiger partial charge in [0.25, 0.3) is 0 Å². The zero-order valence-corrected chi connectivity index (χ0v) is 11.2. The third kappa shape index (κ3) is 3.72. The summed E-state index contributed by atoms with van der Waals surface area (Å²) < 4.78 is 5.44.